The van der Waals surface area contributed by atoms with Gasteiger partial charge in [0.2, 0.25) is 5.82 Å². The highest BCUT2D eigenvalue weighted by atomic mass is 16.5. The summed E-state index contributed by atoms with van der Waals surface area (Å²) < 4.78 is 23.6. The topological polar surface area (TPSA) is 101 Å². The number of hydrogen-bond acceptors (Lipinski definition) is 8. The van der Waals surface area contributed by atoms with Crippen LogP contribution in [0.5, 0.6) is 5.75 Å². The Kier molecular flexibility index (Phi) is 4.41. The molecular formula is C20H17N5O4. The fourth-order valence-electron chi connectivity index (χ4n) is 3.14. The number of furan rings is 1. The molecule has 0 radical (unpaired) electrons. The number of ether oxygens (including phenoxy) is 2. The smallest absolute Gasteiger partial charge is 0.251 e. The molecule has 0 saturated heterocycles. The Hall–Kier alpha value is -3.72. The van der Waals surface area contributed by atoms with Gasteiger partial charge in [-0.1, -0.05) is 22.5 Å². The molecule has 9 heteroatoms. The van der Waals surface area contributed by atoms with E-state index < -0.39 is 0 Å². The van der Waals surface area contributed by atoms with E-state index in [1.165, 1.54) is 0 Å². The number of methoxy groups -OCH3 is 1. The van der Waals surface area contributed by atoms with E-state index in [0.29, 0.717) is 36.3 Å². The van der Waals surface area contributed by atoms with E-state index >= 15 is 0 Å². The van der Waals surface area contributed by atoms with Crippen LogP contribution in [0.3, 0.4) is 0 Å². The van der Waals surface area contributed by atoms with Gasteiger partial charge in [-0.2, -0.15) is 4.98 Å². The van der Waals surface area contributed by atoms with Crippen molar-refractivity contribution in [3.8, 4) is 17.3 Å². The summed E-state index contributed by atoms with van der Waals surface area (Å²) in [7, 11) is 1.64. The van der Waals surface area contributed by atoms with Gasteiger partial charge in [-0.05, 0) is 35.9 Å². The van der Waals surface area contributed by atoms with Crippen molar-refractivity contribution in [3.63, 3.8) is 0 Å². The molecule has 0 spiro atoms. The number of fused-ring (bicyclic) bond motifs is 1. The van der Waals surface area contributed by atoms with E-state index in [0.717, 1.165) is 17.0 Å². The molecule has 4 heterocycles. The number of aromatic nitrogens is 5. The zero-order valence-corrected chi connectivity index (χ0v) is 15.6. The third-order valence-corrected chi connectivity index (χ3v) is 4.67. The zero-order chi connectivity index (χ0) is 19.6. The minimum absolute atomic E-state index is 0.111. The van der Waals surface area contributed by atoms with Crippen LogP contribution in [0.25, 0.3) is 23.7 Å². The standard InChI is InChI=1S/C20H17N5O4/c1-26-14-6-4-13(5-7-14)17-11-25-16(12-28-17)19(22-24-25)20-21-18(29-23-20)9-8-15-3-2-10-27-15/h2-10,17H,11-12H2,1H3/b9-8+. The Morgan fingerprint density at radius 3 is 2.86 bits per heavy atom. The number of rotatable bonds is 5. The second kappa shape index (κ2) is 7.36. The van der Waals surface area contributed by atoms with Crippen molar-refractivity contribution in [2.75, 3.05) is 7.11 Å². The van der Waals surface area contributed by atoms with Gasteiger partial charge in [0.05, 0.1) is 32.2 Å². The van der Waals surface area contributed by atoms with Crippen LogP contribution in [-0.2, 0) is 17.9 Å². The van der Waals surface area contributed by atoms with Crippen molar-refractivity contribution < 1.29 is 18.4 Å². The molecule has 0 saturated carbocycles. The van der Waals surface area contributed by atoms with Crippen LogP contribution in [0.1, 0.15) is 29.0 Å². The quantitative estimate of drug-likeness (QED) is 0.510. The van der Waals surface area contributed by atoms with Gasteiger partial charge >= 0.3 is 0 Å². The maximum Gasteiger partial charge on any atom is 0.251 e. The van der Waals surface area contributed by atoms with E-state index in [4.69, 9.17) is 18.4 Å². The molecule has 146 valence electrons. The van der Waals surface area contributed by atoms with Crippen LogP contribution in [0.2, 0.25) is 0 Å². The van der Waals surface area contributed by atoms with Gasteiger partial charge in [-0.3, -0.25) is 0 Å². The SMILES string of the molecule is COc1ccc(C2Cn3nnc(-c4noc(/C=C/c5ccco5)n4)c3CO2)cc1. The summed E-state index contributed by atoms with van der Waals surface area (Å²) in [6.07, 6.45) is 4.92. The first kappa shape index (κ1) is 17.4. The predicted octanol–water partition coefficient (Wildman–Crippen LogP) is 3.37. The van der Waals surface area contributed by atoms with E-state index in [1.54, 1.807) is 31.6 Å². The molecule has 1 aliphatic heterocycles. The van der Waals surface area contributed by atoms with Crippen molar-refractivity contribution in [1.29, 1.82) is 0 Å². The highest BCUT2D eigenvalue weighted by Gasteiger charge is 2.27. The van der Waals surface area contributed by atoms with E-state index in [2.05, 4.69) is 20.5 Å². The van der Waals surface area contributed by atoms with Gasteiger partial charge < -0.3 is 18.4 Å². The molecule has 0 bridgehead atoms. The van der Waals surface area contributed by atoms with Crippen molar-refractivity contribution in [2.24, 2.45) is 0 Å². The molecular weight excluding hydrogens is 374 g/mol. The zero-order valence-electron chi connectivity index (χ0n) is 15.6. The largest absolute Gasteiger partial charge is 0.497 e. The van der Waals surface area contributed by atoms with E-state index in [1.807, 2.05) is 35.0 Å². The average Bonchev–Trinajstić information content (AvgIpc) is 3.52. The molecule has 4 aromatic rings. The summed E-state index contributed by atoms with van der Waals surface area (Å²) in [5.41, 5.74) is 2.43. The molecule has 5 rings (SSSR count). The summed E-state index contributed by atoms with van der Waals surface area (Å²) in [4.78, 5) is 4.37. The highest BCUT2D eigenvalue weighted by Crippen LogP contribution is 2.30. The lowest BCUT2D eigenvalue weighted by molar-refractivity contribution is -0.00114. The first-order valence-corrected chi connectivity index (χ1v) is 9.04. The van der Waals surface area contributed by atoms with Crippen LogP contribution in [-0.4, -0.2) is 32.2 Å². The predicted molar refractivity (Wildman–Crippen MR) is 101 cm³/mol. The van der Waals surface area contributed by atoms with Crippen LogP contribution in [0.4, 0.5) is 0 Å². The second-order valence-electron chi connectivity index (χ2n) is 6.44. The first-order valence-electron chi connectivity index (χ1n) is 9.04. The number of hydrogen-bond donors (Lipinski definition) is 0. The van der Waals surface area contributed by atoms with Crippen LogP contribution in [0.15, 0.2) is 51.6 Å². The normalized spacial score (nSPS) is 16.2. The Morgan fingerprint density at radius 2 is 2.07 bits per heavy atom. The van der Waals surface area contributed by atoms with Gasteiger partial charge in [-0.25, -0.2) is 4.68 Å². The molecule has 29 heavy (non-hydrogen) atoms. The minimum atomic E-state index is -0.111. The van der Waals surface area contributed by atoms with E-state index in [9.17, 15) is 0 Å². The van der Waals surface area contributed by atoms with Gasteiger partial charge in [-0.15, -0.1) is 5.10 Å². The third kappa shape index (κ3) is 3.43. The molecule has 3 aromatic heterocycles. The Balaban J connectivity index is 1.34. The molecule has 1 unspecified atom stereocenters. The van der Waals surface area contributed by atoms with Gasteiger partial charge in [0, 0.05) is 6.08 Å². The maximum absolute atomic E-state index is 6.03. The van der Waals surface area contributed by atoms with Gasteiger partial charge in [0.1, 0.15) is 17.6 Å². The molecule has 9 nitrogen and oxygen atoms in total. The Morgan fingerprint density at radius 1 is 1.17 bits per heavy atom. The van der Waals surface area contributed by atoms with Gasteiger partial charge in [0.15, 0.2) is 5.69 Å². The summed E-state index contributed by atoms with van der Waals surface area (Å²) in [5, 5.41) is 12.5. The number of benzene rings is 1. The fraction of sp³-hybridized carbons (Fsp3) is 0.200. The van der Waals surface area contributed by atoms with Crippen molar-refractivity contribution in [2.45, 2.75) is 19.3 Å². The van der Waals surface area contributed by atoms with Crippen LogP contribution in [0, 0.1) is 0 Å². The van der Waals surface area contributed by atoms with Gasteiger partial charge in [0.25, 0.3) is 5.89 Å². The third-order valence-electron chi connectivity index (χ3n) is 4.67. The van der Waals surface area contributed by atoms with Crippen molar-refractivity contribution >= 4 is 12.2 Å². The molecule has 0 amide bonds. The molecule has 1 atom stereocenters. The Labute approximate surface area is 165 Å². The molecule has 1 aliphatic rings. The minimum Gasteiger partial charge on any atom is -0.497 e. The highest BCUT2D eigenvalue weighted by molar-refractivity contribution is 5.64. The van der Waals surface area contributed by atoms with Crippen molar-refractivity contribution in [1.82, 2.24) is 25.1 Å². The Bertz CT molecular complexity index is 1130. The average molecular weight is 391 g/mol. The fourth-order valence-corrected chi connectivity index (χ4v) is 3.14. The summed E-state index contributed by atoms with van der Waals surface area (Å²) in [5.74, 6) is 2.23. The summed E-state index contributed by atoms with van der Waals surface area (Å²) in [6.45, 7) is 0.906. The summed E-state index contributed by atoms with van der Waals surface area (Å²) in [6, 6.07) is 11.4. The molecule has 0 aliphatic carbocycles. The van der Waals surface area contributed by atoms with Crippen molar-refractivity contribution in [3.05, 3.63) is 65.6 Å². The molecule has 1 aromatic carbocycles. The second-order valence-corrected chi connectivity index (χ2v) is 6.44. The lowest BCUT2D eigenvalue weighted by Crippen LogP contribution is -2.22. The monoisotopic (exact) mass is 391 g/mol. The van der Waals surface area contributed by atoms with E-state index in [-0.39, 0.29) is 6.10 Å². The maximum atomic E-state index is 6.03. The lowest BCUT2D eigenvalue weighted by atomic mass is 10.1. The molecule has 0 fully saturated rings. The lowest BCUT2D eigenvalue weighted by Gasteiger charge is -2.24. The first-order chi connectivity index (χ1) is 14.3. The van der Waals surface area contributed by atoms with Crippen LogP contribution < -0.4 is 4.74 Å². The molecule has 0 N–H and O–H groups in total. The van der Waals surface area contributed by atoms with Crippen LogP contribution >= 0.6 is 0 Å². The number of nitrogens with zero attached hydrogens (tertiary/aromatic N) is 5. The summed E-state index contributed by atoms with van der Waals surface area (Å²) >= 11 is 0.